The number of hydrogen-bond donors (Lipinski definition) is 1. The van der Waals surface area contributed by atoms with Crippen LogP contribution in [0.4, 0.5) is 4.39 Å². The molecule has 0 aliphatic carbocycles. The first-order valence-electron chi connectivity index (χ1n) is 5.83. The molecule has 2 aromatic carbocycles. The molecule has 0 atom stereocenters. The first-order chi connectivity index (χ1) is 9.22. The summed E-state index contributed by atoms with van der Waals surface area (Å²) >= 11 is 1.54. The van der Waals surface area contributed by atoms with Crippen LogP contribution in [-0.4, -0.2) is 0 Å². The normalized spacial score (nSPS) is 10.2. The minimum absolute atomic E-state index is 0.273. The zero-order chi connectivity index (χ0) is 13.7. The second-order valence-electron chi connectivity index (χ2n) is 4.05. The molecule has 0 heterocycles. The smallest absolute Gasteiger partial charge is 0.127 e. The molecule has 0 unspecified atom stereocenters. The van der Waals surface area contributed by atoms with Crippen molar-refractivity contribution in [1.82, 2.24) is 0 Å². The molecule has 0 spiro atoms. The van der Waals surface area contributed by atoms with Crippen LogP contribution in [0.15, 0.2) is 47.4 Å². The number of halogens is 1. The lowest BCUT2D eigenvalue weighted by Gasteiger charge is -2.05. The molecule has 2 N–H and O–H groups in total. The van der Waals surface area contributed by atoms with Crippen LogP contribution in [0.3, 0.4) is 0 Å². The molecule has 0 amide bonds. The van der Waals surface area contributed by atoms with Gasteiger partial charge in [0.1, 0.15) is 5.82 Å². The Hall–Kier alpha value is -1.83. The van der Waals surface area contributed by atoms with Crippen molar-refractivity contribution in [2.45, 2.75) is 17.2 Å². The topological polar surface area (TPSA) is 49.8 Å². The van der Waals surface area contributed by atoms with E-state index in [1.165, 1.54) is 23.9 Å². The second-order valence-corrected chi connectivity index (χ2v) is 5.10. The summed E-state index contributed by atoms with van der Waals surface area (Å²) in [6.45, 7) is 0.518. The Bertz CT molecular complexity index is 603. The van der Waals surface area contributed by atoms with Gasteiger partial charge in [0.15, 0.2) is 0 Å². The summed E-state index contributed by atoms with van der Waals surface area (Å²) in [5.41, 5.74) is 7.63. The monoisotopic (exact) mass is 272 g/mol. The Morgan fingerprint density at radius 3 is 2.53 bits per heavy atom. The summed E-state index contributed by atoms with van der Waals surface area (Å²) in [6, 6.07) is 14.3. The fourth-order valence-electron chi connectivity index (χ4n) is 1.64. The van der Waals surface area contributed by atoms with Crippen molar-refractivity contribution < 1.29 is 4.39 Å². The summed E-state index contributed by atoms with van der Waals surface area (Å²) in [7, 11) is 0. The number of hydrogen-bond acceptors (Lipinski definition) is 3. The summed E-state index contributed by atoms with van der Waals surface area (Å²) in [5, 5.41) is 8.80. The molecular formula is C15H13FN2S. The molecule has 0 bridgehead atoms. The SMILES string of the molecule is N#Cc1ccc(F)c(CSc2ccc(CN)cc2)c1. The van der Waals surface area contributed by atoms with Crippen LogP contribution in [0.5, 0.6) is 0 Å². The summed E-state index contributed by atoms with van der Waals surface area (Å²) in [6.07, 6.45) is 0. The van der Waals surface area contributed by atoms with Gasteiger partial charge in [0, 0.05) is 17.2 Å². The Morgan fingerprint density at radius 2 is 1.89 bits per heavy atom. The van der Waals surface area contributed by atoms with Crippen LogP contribution in [0.1, 0.15) is 16.7 Å². The molecule has 4 heteroatoms. The van der Waals surface area contributed by atoms with Gasteiger partial charge < -0.3 is 5.73 Å². The highest BCUT2D eigenvalue weighted by Crippen LogP contribution is 2.24. The highest BCUT2D eigenvalue weighted by Gasteiger charge is 2.04. The van der Waals surface area contributed by atoms with E-state index in [4.69, 9.17) is 11.0 Å². The molecule has 2 aromatic rings. The zero-order valence-electron chi connectivity index (χ0n) is 10.3. The van der Waals surface area contributed by atoms with Gasteiger partial charge in [-0.25, -0.2) is 4.39 Å². The average molecular weight is 272 g/mol. The first-order valence-corrected chi connectivity index (χ1v) is 6.82. The van der Waals surface area contributed by atoms with Gasteiger partial charge in [0.2, 0.25) is 0 Å². The fraction of sp³-hybridized carbons (Fsp3) is 0.133. The van der Waals surface area contributed by atoms with E-state index in [9.17, 15) is 4.39 Å². The van der Waals surface area contributed by atoms with E-state index in [0.717, 1.165) is 10.5 Å². The zero-order valence-corrected chi connectivity index (χ0v) is 11.1. The van der Waals surface area contributed by atoms with Crippen molar-refractivity contribution in [3.05, 3.63) is 65.0 Å². The average Bonchev–Trinajstić information content (AvgIpc) is 2.47. The van der Waals surface area contributed by atoms with Gasteiger partial charge in [-0.2, -0.15) is 5.26 Å². The number of rotatable bonds is 4. The molecule has 2 nitrogen and oxygen atoms in total. The van der Waals surface area contributed by atoms with Crippen molar-refractivity contribution in [1.29, 1.82) is 5.26 Å². The fourth-order valence-corrected chi connectivity index (χ4v) is 2.51. The molecule has 0 saturated heterocycles. The Labute approximate surface area is 116 Å². The van der Waals surface area contributed by atoms with E-state index in [0.29, 0.717) is 23.4 Å². The van der Waals surface area contributed by atoms with Crippen molar-refractivity contribution in [3.8, 4) is 6.07 Å². The van der Waals surface area contributed by atoms with E-state index >= 15 is 0 Å². The molecule has 0 aromatic heterocycles. The summed E-state index contributed by atoms with van der Waals surface area (Å²) < 4.78 is 13.6. The first kappa shape index (κ1) is 13.6. The summed E-state index contributed by atoms with van der Waals surface area (Å²) in [5.74, 6) is 0.230. The number of benzene rings is 2. The second kappa shape index (κ2) is 6.37. The summed E-state index contributed by atoms with van der Waals surface area (Å²) in [4.78, 5) is 1.05. The molecule has 0 aliphatic heterocycles. The number of nitriles is 1. The molecule has 19 heavy (non-hydrogen) atoms. The third-order valence-electron chi connectivity index (χ3n) is 2.73. The van der Waals surface area contributed by atoms with Gasteiger partial charge in [-0.15, -0.1) is 11.8 Å². The number of nitrogens with two attached hydrogens (primary N) is 1. The van der Waals surface area contributed by atoms with Crippen molar-refractivity contribution >= 4 is 11.8 Å². The molecule has 0 fully saturated rings. The minimum atomic E-state index is -0.273. The lowest BCUT2D eigenvalue weighted by molar-refractivity contribution is 0.617. The Balaban J connectivity index is 2.07. The van der Waals surface area contributed by atoms with Gasteiger partial charge >= 0.3 is 0 Å². The van der Waals surface area contributed by atoms with E-state index < -0.39 is 0 Å². The van der Waals surface area contributed by atoms with Crippen LogP contribution in [0.25, 0.3) is 0 Å². The third kappa shape index (κ3) is 3.57. The van der Waals surface area contributed by atoms with Crippen molar-refractivity contribution in [3.63, 3.8) is 0 Å². The van der Waals surface area contributed by atoms with Crippen LogP contribution < -0.4 is 5.73 Å². The standard InChI is InChI=1S/C15H13FN2S/c16-15-6-3-12(9-18)7-13(15)10-19-14-4-1-11(8-17)2-5-14/h1-7H,8,10,17H2. The van der Waals surface area contributed by atoms with E-state index in [2.05, 4.69) is 0 Å². The van der Waals surface area contributed by atoms with Crippen molar-refractivity contribution in [2.75, 3.05) is 0 Å². The van der Waals surface area contributed by atoms with Gasteiger partial charge in [0.05, 0.1) is 11.6 Å². The van der Waals surface area contributed by atoms with Gasteiger partial charge in [-0.05, 0) is 41.5 Å². The van der Waals surface area contributed by atoms with Crippen LogP contribution in [-0.2, 0) is 12.3 Å². The minimum Gasteiger partial charge on any atom is -0.326 e. The number of nitrogens with zero attached hydrogens (tertiary/aromatic N) is 1. The van der Waals surface area contributed by atoms with Crippen LogP contribution in [0, 0.1) is 17.1 Å². The van der Waals surface area contributed by atoms with E-state index in [1.54, 1.807) is 6.07 Å². The quantitative estimate of drug-likeness (QED) is 0.867. The maximum absolute atomic E-state index is 13.6. The maximum Gasteiger partial charge on any atom is 0.127 e. The molecular weight excluding hydrogens is 259 g/mol. The Kier molecular flexibility index (Phi) is 4.56. The maximum atomic E-state index is 13.6. The van der Waals surface area contributed by atoms with Crippen LogP contribution in [0.2, 0.25) is 0 Å². The van der Waals surface area contributed by atoms with Crippen LogP contribution >= 0.6 is 11.8 Å². The highest BCUT2D eigenvalue weighted by atomic mass is 32.2. The third-order valence-corrected chi connectivity index (χ3v) is 3.79. The predicted molar refractivity (Wildman–Crippen MR) is 75.0 cm³/mol. The largest absolute Gasteiger partial charge is 0.326 e. The van der Waals surface area contributed by atoms with Gasteiger partial charge in [-0.3, -0.25) is 0 Å². The van der Waals surface area contributed by atoms with E-state index in [-0.39, 0.29) is 5.82 Å². The highest BCUT2D eigenvalue weighted by molar-refractivity contribution is 7.98. The van der Waals surface area contributed by atoms with E-state index in [1.807, 2.05) is 30.3 Å². The molecule has 2 rings (SSSR count). The number of thioether (sulfide) groups is 1. The molecule has 0 radical (unpaired) electrons. The van der Waals surface area contributed by atoms with Gasteiger partial charge in [-0.1, -0.05) is 12.1 Å². The lowest BCUT2D eigenvalue weighted by atomic mass is 10.1. The lowest BCUT2D eigenvalue weighted by Crippen LogP contribution is -1.95. The van der Waals surface area contributed by atoms with Crippen molar-refractivity contribution in [2.24, 2.45) is 5.73 Å². The molecule has 0 saturated carbocycles. The molecule has 96 valence electrons. The molecule has 0 aliphatic rings. The predicted octanol–water partition coefficient (Wildman–Crippen LogP) is 3.45. The van der Waals surface area contributed by atoms with Gasteiger partial charge in [0.25, 0.3) is 0 Å². The Morgan fingerprint density at radius 1 is 1.16 bits per heavy atom.